The van der Waals surface area contributed by atoms with Crippen LogP contribution in [0.25, 0.3) is 0 Å². The molecule has 1 heterocycles. The van der Waals surface area contributed by atoms with Crippen molar-refractivity contribution in [3.05, 3.63) is 48.5 Å². The van der Waals surface area contributed by atoms with Crippen molar-refractivity contribution in [2.45, 2.75) is 38.9 Å². The molecule has 3 rings (SSSR count). The monoisotopic (exact) mass is 369 g/mol. The molecule has 0 unspecified atom stereocenters. The zero-order chi connectivity index (χ0) is 19.7. The number of ether oxygens (including phenoxy) is 2. The predicted molar refractivity (Wildman–Crippen MR) is 105 cm³/mol. The number of carbonyl (C=O) groups excluding carboxylic acids is 1. The van der Waals surface area contributed by atoms with Crippen molar-refractivity contribution >= 4 is 24.4 Å². The summed E-state index contributed by atoms with van der Waals surface area (Å²) in [6.07, 6.45) is -0.595. The van der Waals surface area contributed by atoms with Gasteiger partial charge in [0.25, 0.3) is 0 Å². The average molecular weight is 369 g/mol. The molecule has 0 aromatic heterocycles. The Morgan fingerprint density at radius 1 is 1.00 bits per heavy atom. The first kappa shape index (κ1) is 19.3. The molecule has 0 radical (unpaired) electrons. The molecule has 1 aliphatic rings. The molecule has 0 atom stereocenters. The minimum absolute atomic E-state index is 0.429. The maximum Gasteiger partial charge on any atom is 0.494 e. The van der Waals surface area contributed by atoms with E-state index in [-0.39, 0.29) is 0 Å². The van der Waals surface area contributed by atoms with E-state index in [2.05, 4.69) is 5.32 Å². The van der Waals surface area contributed by atoms with Crippen LogP contribution in [0.4, 0.5) is 10.5 Å². The quantitative estimate of drug-likeness (QED) is 0.835. The molecule has 0 bridgehead atoms. The van der Waals surface area contributed by atoms with E-state index in [1.807, 2.05) is 39.8 Å². The highest BCUT2D eigenvalue weighted by Gasteiger charge is 2.51. The summed E-state index contributed by atoms with van der Waals surface area (Å²) in [5.74, 6) is 0.954. The molecule has 142 valence electrons. The highest BCUT2D eigenvalue weighted by atomic mass is 16.7. The van der Waals surface area contributed by atoms with Gasteiger partial charge < -0.3 is 18.8 Å². The Bertz CT molecular complexity index is 806. The lowest BCUT2D eigenvalue weighted by Crippen LogP contribution is -2.41. The van der Waals surface area contributed by atoms with E-state index >= 15 is 0 Å². The number of rotatable bonds is 4. The van der Waals surface area contributed by atoms with E-state index in [4.69, 9.17) is 18.8 Å². The summed E-state index contributed by atoms with van der Waals surface area (Å²) in [6, 6.07) is 14.2. The normalized spacial score (nSPS) is 17.4. The number of hydrogen-bond donors (Lipinski definition) is 1. The first-order valence-corrected chi connectivity index (χ1v) is 8.79. The second-order valence-corrected chi connectivity index (χ2v) is 7.38. The molecule has 1 aliphatic heterocycles. The van der Waals surface area contributed by atoms with Crippen molar-refractivity contribution < 1.29 is 23.6 Å². The number of carbonyl (C=O) groups is 1. The Labute approximate surface area is 159 Å². The number of hydrogen-bond acceptors (Lipinski definition) is 5. The van der Waals surface area contributed by atoms with Crippen molar-refractivity contribution in [1.82, 2.24) is 0 Å². The molecule has 1 saturated heterocycles. The van der Waals surface area contributed by atoms with Crippen molar-refractivity contribution in [1.29, 1.82) is 0 Å². The van der Waals surface area contributed by atoms with Gasteiger partial charge in [0.15, 0.2) is 0 Å². The third kappa shape index (κ3) is 4.09. The van der Waals surface area contributed by atoms with Crippen LogP contribution in [0.3, 0.4) is 0 Å². The van der Waals surface area contributed by atoms with E-state index in [1.54, 1.807) is 36.4 Å². The second-order valence-electron chi connectivity index (χ2n) is 7.38. The molecular weight excluding hydrogens is 345 g/mol. The zero-order valence-corrected chi connectivity index (χ0v) is 16.2. The zero-order valence-electron chi connectivity index (χ0n) is 16.2. The number of para-hydroxylation sites is 1. The predicted octanol–water partition coefficient (Wildman–Crippen LogP) is 3.61. The SMILES string of the molecule is COc1cc(B2OC(C)(C)C(C)(C)O2)ccc1NC(=O)Oc1ccccc1. The van der Waals surface area contributed by atoms with Crippen LogP contribution in [0, 0.1) is 0 Å². The van der Waals surface area contributed by atoms with Crippen molar-refractivity contribution in [3.8, 4) is 11.5 Å². The lowest BCUT2D eigenvalue weighted by atomic mass is 9.79. The molecule has 6 nitrogen and oxygen atoms in total. The first-order valence-electron chi connectivity index (χ1n) is 8.79. The summed E-state index contributed by atoms with van der Waals surface area (Å²) in [7, 11) is 1.03. The van der Waals surface area contributed by atoms with Gasteiger partial charge in [-0.3, -0.25) is 5.32 Å². The fourth-order valence-corrected chi connectivity index (χ4v) is 2.67. The minimum Gasteiger partial charge on any atom is -0.495 e. The molecular formula is C20H24BNO5. The first-order chi connectivity index (χ1) is 12.7. The molecule has 27 heavy (non-hydrogen) atoms. The molecule has 2 aromatic carbocycles. The molecule has 1 fully saturated rings. The summed E-state index contributed by atoms with van der Waals surface area (Å²) >= 11 is 0. The van der Waals surface area contributed by atoms with Crippen LogP contribution in [0.2, 0.25) is 0 Å². The largest absolute Gasteiger partial charge is 0.495 e. The summed E-state index contributed by atoms with van der Waals surface area (Å²) in [5.41, 5.74) is 0.453. The number of methoxy groups -OCH3 is 1. The molecule has 1 amide bonds. The Kier molecular flexibility index (Phi) is 5.17. The van der Waals surface area contributed by atoms with Crippen LogP contribution in [-0.2, 0) is 9.31 Å². The summed E-state index contributed by atoms with van der Waals surface area (Å²) in [5, 5.41) is 2.69. The molecule has 0 aliphatic carbocycles. The third-order valence-electron chi connectivity index (χ3n) is 4.94. The fraction of sp³-hybridized carbons (Fsp3) is 0.350. The van der Waals surface area contributed by atoms with Gasteiger partial charge >= 0.3 is 13.2 Å². The van der Waals surface area contributed by atoms with E-state index in [1.165, 1.54) is 7.11 Å². The lowest BCUT2D eigenvalue weighted by molar-refractivity contribution is 0.00578. The second kappa shape index (κ2) is 7.25. The van der Waals surface area contributed by atoms with Crippen molar-refractivity contribution in [2.75, 3.05) is 12.4 Å². The number of nitrogens with one attached hydrogen (secondary N) is 1. The van der Waals surface area contributed by atoms with Gasteiger partial charge in [-0.05, 0) is 57.4 Å². The van der Waals surface area contributed by atoms with Crippen LogP contribution in [0.1, 0.15) is 27.7 Å². The Morgan fingerprint density at radius 3 is 2.22 bits per heavy atom. The van der Waals surface area contributed by atoms with Crippen molar-refractivity contribution in [3.63, 3.8) is 0 Å². The fourth-order valence-electron chi connectivity index (χ4n) is 2.67. The van der Waals surface area contributed by atoms with Crippen LogP contribution in [0.5, 0.6) is 11.5 Å². The van der Waals surface area contributed by atoms with Gasteiger partial charge in [-0.1, -0.05) is 24.3 Å². The third-order valence-corrected chi connectivity index (χ3v) is 4.94. The Balaban J connectivity index is 1.74. The number of benzene rings is 2. The van der Waals surface area contributed by atoms with Gasteiger partial charge in [0, 0.05) is 0 Å². The average Bonchev–Trinajstić information content (AvgIpc) is 2.83. The van der Waals surface area contributed by atoms with E-state index in [0.717, 1.165) is 5.46 Å². The minimum atomic E-state index is -0.595. The Morgan fingerprint density at radius 2 is 1.63 bits per heavy atom. The van der Waals surface area contributed by atoms with Gasteiger partial charge in [-0.2, -0.15) is 0 Å². The van der Waals surface area contributed by atoms with Crippen molar-refractivity contribution in [2.24, 2.45) is 0 Å². The standard InChI is InChI=1S/C20H24BNO5/c1-19(2)20(3,4)27-21(26-19)14-11-12-16(17(13-14)24-5)22-18(23)25-15-9-7-6-8-10-15/h6-13H,1-5H3,(H,22,23). The highest BCUT2D eigenvalue weighted by molar-refractivity contribution is 6.62. The summed E-state index contributed by atoms with van der Waals surface area (Å²) < 4.78 is 22.8. The van der Waals surface area contributed by atoms with Gasteiger partial charge in [-0.15, -0.1) is 0 Å². The summed E-state index contributed by atoms with van der Waals surface area (Å²) in [4.78, 5) is 12.1. The molecule has 2 aromatic rings. The van der Waals surface area contributed by atoms with Gasteiger partial charge in [-0.25, -0.2) is 4.79 Å². The van der Waals surface area contributed by atoms with Crippen LogP contribution in [0.15, 0.2) is 48.5 Å². The van der Waals surface area contributed by atoms with Gasteiger partial charge in [0.05, 0.1) is 24.0 Å². The number of amides is 1. The van der Waals surface area contributed by atoms with Crippen LogP contribution < -0.4 is 20.3 Å². The molecule has 0 saturated carbocycles. The van der Waals surface area contributed by atoms with Crippen LogP contribution >= 0.6 is 0 Å². The van der Waals surface area contributed by atoms with E-state index in [9.17, 15) is 4.79 Å². The maximum absolute atomic E-state index is 12.1. The molecule has 0 spiro atoms. The molecule has 7 heteroatoms. The Hall–Kier alpha value is -2.51. The lowest BCUT2D eigenvalue weighted by Gasteiger charge is -2.32. The molecule has 1 N–H and O–H groups in total. The smallest absolute Gasteiger partial charge is 0.494 e. The van der Waals surface area contributed by atoms with Crippen LogP contribution in [-0.4, -0.2) is 31.5 Å². The van der Waals surface area contributed by atoms with Gasteiger partial charge in [0.2, 0.25) is 0 Å². The highest BCUT2D eigenvalue weighted by Crippen LogP contribution is 2.37. The number of anilines is 1. The van der Waals surface area contributed by atoms with E-state index in [0.29, 0.717) is 17.2 Å². The topological polar surface area (TPSA) is 66.0 Å². The van der Waals surface area contributed by atoms with E-state index < -0.39 is 24.4 Å². The summed E-state index contributed by atoms with van der Waals surface area (Å²) in [6.45, 7) is 8.00. The van der Waals surface area contributed by atoms with Gasteiger partial charge in [0.1, 0.15) is 11.5 Å². The maximum atomic E-state index is 12.1.